The first-order chi connectivity index (χ1) is 16.3. The van der Waals surface area contributed by atoms with E-state index in [4.69, 9.17) is 25.0 Å². The zero-order valence-corrected chi connectivity index (χ0v) is 18.6. The number of fused-ring (bicyclic) bond motifs is 2. The summed E-state index contributed by atoms with van der Waals surface area (Å²) in [5, 5.41) is 23.4. The second-order valence-corrected chi connectivity index (χ2v) is 8.83. The zero-order valence-electron chi connectivity index (χ0n) is 18.6. The molecule has 3 heterocycles. The SMILES string of the molecule is CC1(c2cc(-c3cc(O)cc(O)c3)cc(C3(C)N=c4ccccc4=N3)n2)N=c2ccccc2=N1. The molecule has 0 spiro atoms. The molecule has 2 N–H and O–H groups in total. The van der Waals surface area contributed by atoms with Crippen molar-refractivity contribution in [2.24, 2.45) is 20.0 Å². The molecule has 0 fully saturated rings. The van der Waals surface area contributed by atoms with Gasteiger partial charge in [-0.15, -0.1) is 0 Å². The van der Waals surface area contributed by atoms with E-state index < -0.39 is 11.3 Å². The van der Waals surface area contributed by atoms with Gasteiger partial charge in [0, 0.05) is 6.07 Å². The van der Waals surface area contributed by atoms with Gasteiger partial charge >= 0.3 is 0 Å². The molecule has 0 unspecified atom stereocenters. The number of para-hydroxylation sites is 4. The van der Waals surface area contributed by atoms with Crippen LogP contribution in [0, 0.1) is 0 Å². The predicted molar refractivity (Wildman–Crippen MR) is 125 cm³/mol. The van der Waals surface area contributed by atoms with E-state index in [1.165, 1.54) is 6.07 Å². The van der Waals surface area contributed by atoms with Crippen molar-refractivity contribution in [3.05, 3.63) is 112 Å². The van der Waals surface area contributed by atoms with Gasteiger partial charge in [0.15, 0.2) is 11.3 Å². The molecular formula is C27H21N5O2. The molecule has 6 rings (SSSR count). The molecule has 0 aliphatic carbocycles. The lowest BCUT2D eigenvalue weighted by atomic mass is 9.97. The third-order valence-electron chi connectivity index (χ3n) is 6.15. The highest BCUT2D eigenvalue weighted by Crippen LogP contribution is 2.36. The summed E-state index contributed by atoms with van der Waals surface area (Å²) in [7, 11) is 0. The van der Waals surface area contributed by atoms with E-state index in [9.17, 15) is 10.2 Å². The summed E-state index contributed by atoms with van der Waals surface area (Å²) >= 11 is 0. The molecule has 2 aliphatic heterocycles. The van der Waals surface area contributed by atoms with Crippen molar-refractivity contribution in [2.45, 2.75) is 25.2 Å². The van der Waals surface area contributed by atoms with Crippen LogP contribution in [0.1, 0.15) is 25.2 Å². The fraction of sp³-hybridized carbons (Fsp3) is 0.148. The normalized spacial score (nSPS) is 16.4. The van der Waals surface area contributed by atoms with Gasteiger partial charge in [0.25, 0.3) is 0 Å². The van der Waals surface area contributed by atoms with Crippen LogP contribution in [0.3, 0.4) is 0 Å². The fourth-order valence-corrected chi connectivity index (χ4v) is 4.47. The molecule has 34 heavy (non-hydrogen) atoms. The Bertz CT molecular complexity index is 1540. The van der Waals surface area contributed by atoms with Crippen molar-refractivity contribution in [1.29, 1.82) is 0 Å². The molecule has 7 heteroatoms. The Morgan fingerprint density at radius 3 is 1.26 bits per heavy atom. The lowest BCUT2D eigenvalue weighted by molar-refractivity contribution is 0.451. The number of nitrogens with zero attached hydrogens (tertiary/aromatic N) is 5. The molecular weight excluding hydrogens is 426 g/mol. The maximum Gasteiger partial charge on any atom is 0.191 e. The molecule has 1 aromatic heterocycles. The Morgan fingerprint density at radius 2 is 0.882 bits per heavy atom. The summed E-state index contributed by atoms with van der Waals surface area (Å²) in [5.74, 6) is -0.0599. The number of hydrogen-bond donors (Lipinski definition) is 2. The van der Waals surface area contributed by atoms with Crippen molar-refractivity contribution >= 4 is 0 Å². The fourth-order valence-electron chi connectivity index (χ4n) is 4.47. The van der Waals surface area contributed by atoms with Crippen molar-refractivity contribution < 1.29 is 10.2 Å². The minimum absolute atomic E-state index is 0.0300. The Labute approximate surface area is 194 Å². The minimum Gasteiger partial charge on any atom is -0.508 e. The Kier molecular flexibility index (Phi) is 4.20. The van der Waals surface area contributed by atoms with Crippen LogP contribution in [0.5, 0.6) is 11.5 Å². The Balaban J connectivity index is 1.60. The van der Waals surface area contributed by atoms with E-state index in [1.54, 1.807) is 12.1 Å². The smallest absolute Gasteiger partial charge is 0.191 e. The van der Waals surface area contributed by atoms with E-state index >= 15 is 0 Å². The van der Waals surface area contributed by atoms with Crippen molar-refractivity contribution in [1.82, 2.24) is 4.98 Å². The van der Waals surface area contributed by atoms with Crippen LogP contribution in [0.25, 0.3) is 11.1 Å². The highest BCUT2D eigenvalue weighted by molar-refractivity contribution is 5.68. The number of hydrogen-bond acceptors (Lipinski definition) is 7. The van der Waals surface area contributed by atoms with Crippen molar-refractivity contribution in [3.63, 3.8) is 0 Å². The Morgan fingerprint density at radius 1 is 0.529 bits per heavy atom. The molecule has 4 aromatic rings. The highest BCUT2D eigenvalue weighted by Gasteiger charge is 2.35. The number of aromatic hydroxyl groups is 2. The number of phenolic OH excluding ortho intramolecular Hbond substituents is 2. The second-order valence-electron chi connectivity index (χ2n) is 8.83. The van der Waals surface area contributed by atoms with Gasteiger partial charge in [0.1, 0.15) is 11.5 Å². The largest absolute Gasteiger partial charge is 0.508 e. The first kappa shape index (κ1) is 20.2. The van der Waals surface area contributed by atoms with Crippen LogP contribution < -0.4 is 21.4 Å². The zero-order chi connectivity index (χ0) is 23.5. The number of pyridine rings is 1. The summed E-state index contributed by atoms with van der Waals surface area (Å²) in [6, 6.07) is 23.7. The van der Waals surface area contributed by atoms with Gasteiger partial charge in [-0.1, -0.05) is 24.3 Å². The third-order valence-corrected chi connectivity index (χ3v) is 6.15. The topological polar surface area (TPSA) is 103 Å². The van der Waals surface area contributed by atoms with Crippen LogP contribution in [0.4, 0.5) is 0 Å². The number of rotatable bonds is 3. The molecule has 0 saturated heterocycles. The quantitative estimate of drug-likeness (QED) is 0.504. The van der Waals surface area contributed by atoms with Gasteiger partial charge in [-0.3, -0.25) is 0 Å². The van der Waals surface area contributed by atoms with Crippen molar-refractivity contribution in [3.8, 4) is 22.6 Å². The maximum absolute atomic E-state index is 10.1. The van der Waals surface area contributed by atoms with E-state index in [0.29, 0.717) is 17.0 Å². The van der Waals surface area contributed by atoms with Gasteiger partial charge < -0.3 is 10.2 Å². The van der Waals surface area contributed by atoms with Gasteiger partial charge in [0.2, 0.25) is 0 Å². The number of phenols is 2. The molecule has 3 aromatic carbocycles. The first-order valence-corrected chi connectivity index (χ1v) is 11.0. The molecule has 166 valence electrons. The van der Waals surface area contributed by atoms with Crippen LogP contribution in [0.2, 0.25) is 0 Å². The molecule has 0 atom stereocenters. The van der Waals surface area contributed by atoms with Crippen LogP contribution in [-0.2, 0) is 11.3 Å². The van der Waals surface area contributed by atoms with Gasteiger partial charge in [0.05, 0.1) is 32.8 Å². The maximum atomic E-state index is 10.1. The Hall–Kier alpha value is -4.39. The van der Waals surface area contributed by atoms with Crippen molar-refractivity contribution in [2.75, 3.05) is 0 Å². The average Bonchev–Trinajstić information content (AvgIpc) is 3.35. The minimum atomic E-state index is -0.935. The second kappa shape index (κ2) is 7.05. The lowest BCUT2D eigenvalue weighted by Gasteiger charge is -2.23. The van der Waals surface area contributed by atoms with E-state index in [1.807, 2.05) is 74.5 Å². The van der Waals surface area contributed by atoms with Crippen LogP contribution in [0.15, 0.2) is 98.8 Å². The highest BCUT2D eigenvalue weighted by atomic mass is 16.3. The van der Waals surface area contributed by atoms with Gasteiger partial charge in [-0.25, -0.2) is 25.0 Å². The lowest BCUT2D eigenvalue weighted by Crippen LogP contribution is -2.23. The molecule has 0 radical (unpaired) electrons. The summed E-state index contributed by atoms with van der Waals surface area (Å²) in [4.78, 5) is 24.4. The third kappa shape index (κ3) is 3.25. The predicted octanol–water partition coefficient (Wildman–Crippen LogP) is 2.41. The monoisotopic (exact) mass is 447 g/mol. The molecule has 0 amide bonds. The summed E-state index contributed by atoms with van der Waals surface area (Å²) in [5.41, 5.74) is 0.768. The van der Waals surface area contributed by atoms with Crippen LogP contribution >= 0.6 is 0 Å². The summed E-state index contributed by atoms with van der Waals surface area (Å²) < 4.78 is 0. The first-order valence-electron chi connectivity index (χ1n) is 11.0. The number of aromatic nitrogens is 1. The molecule has 0 bridgehead atoms. The van der Waals surface area contributed by atoms with E-state index in [-0.39, 0.29) is 11.5 Å². The summed E-state index contributed by atoms with van der Waals surface area (Å²) in [6.07, 6.45) is 0. The summed E-state index contributed by atoms with van der Waals surface area (Å²) in [6.45, 7) is 3.84. The molecule has 0 saturated carbocycles. The van der Waals surface area contributed by atoms with Gasteiger partial charge in [-0.2, -0.15) is 0 Å². The van der Waals surface area contributed by atoms with E-state index in [0.717, 1.165) is 27.0 Å². The van der Waals surface area contributed by atoms with E-state index in [2.05, 4.69) is 0 Å². The molecule has 7 nitrogen and oxygen atoms in total. The van der Waals surface area contributed by atoms with Crippen LogP contribution in [-0.4, -0.2) is 15.2 Å². The number of benzene rings is 3. The molecule has 2 aliphatic rings. The standard InChI is InChI=1S/C27H21N5O2/c1-26(29-20-7-3-4-8-21(20)30-26)24-13-17(16-11-18(33)15-19(34)12-16)14-25(28-24)27(2)31-22-9-5-6-10-23(22)32-27/h3-15,33-34H,1-2H3. The van der Waals surface area contributed by atoms with Gasteiger partial charge in [-0.05, 0) is 73.5 Å². The average molecular weight is 447 g/mol.